The van der Waals surface area contributed by atoms with Crippen LogP contribution in [0.5, 0.6) is 5.75 Å². The Morgan fingerprint density at radius 2 is 1.80 bits per heavy atom. The first-order valence-corrected chi connectivity index (χ1v) is 6.76. The molecule has 0 aliphatic rings. The minimum atomic E-state index is 0.286. The Bertz CT molecular complexity index is 587. The topological polar surface area (TPSA) is 21.3 Å². The van der Waals surface area contributed by atoms with Crippen LogP contribution in [-0.2, 0) is 13.1 Å². The van der Waals surface area contributed by atoms with Crippen LogP contribution in [0.1, 0.15) is 11.1 Å². The van der Waals surface area contributed by atoms with Gasteiger partial charge in [-0.2, -0.15) is 0 Å². The number of halogens is 1. The molecule has 0 saturated carbocycles. The van der Waals surface area contributed by atoms with Gasteiger partial charge < -0.3 is 10.1 Å². The first-order chi connectivity index (χ1) is 9.79. The number of nitrogens with one attached hydrogen (secondary N) is 1. The highest BCUT2D eigenvalue weighted by Gasteiger charge is 2.02. The number of ether oxygens (including phenoxy) is 1. The molecule has 0 atom stereocenters. The molecule has 2 rings (SSSR count). The molecule has 0 aromatic heterocycles. The average molecular weight is 286 g/mol. The maximum Gasteiger partial charge on any atom is 0.148 e. The molecule has 0 unspecified atom stereocenters. The molecule has 0 amide bonds. The summed E-state index contributed by atoms with van der Waals surface area (Å²) < 4.78 is 5.51. The lowest BCUT2D eigenvalue weighted by Gasteiger charge is -2.10. The normalized spacial score (nSPS) is 10.0. The quantitative estimate of drug-likeness (QED) is 0.818. The van der Waals surface area contributed by atoms with E-state index in [2.05, 4.69) is 11.2 Å². The van der Waals surface area contributed by atoms with E-state index in [4.69, 9.17) is 22.8 Å². The van der Waals surface area contributed by atoms with Crippen LogP contribution < -0.4 is 10.1 Å². The lowest BCUT2D eigenvalue weighted by molar-refractivity contribution is 0.365. The Labute approximate surface area is 124 Å². The third-order valence-electron chi connectivity index (χ3n) is 2.84. The van der Waals surface area contributed by atoms with E-state index in [-0.39, 0.29) is 6.61 Å². The molecule has 20 heavy (non-hydrogen) atoms. The summed E-state index contributed by atoms with van der Waals surface area (Å²) in [5, 5.41) is 4.13. The number of hydrogen-bond donors (Lipinski definition) is 1. The second-order valence-corrected chi connectivity index (χ2v) is 4.77. The monoisotopic (exact) mass is 285 g/mol. The minimum absolute atomic E-state index is 0.286. The van der Waals surface area contributed by atoms with Crippen LogP contribution in [-0.4, -0.2) is 6.61 Å². The summed E-state index contributed by atoms with van der Waals surface area (Å²) in [5.41, 5.74) is 2.29. The Morgan fingerprint density at radius 3 is 2.55 bits per heavy atom. The fourth-order valence-electron chi connectivity index (χ4n) is 1.85. The number of hydrogen-bond acceptors (Lipinski definition) is 2. The van der Waals surface area contributed by atoms with Crippen molar-refractivity contribution >= 4 is 11.6 Å². The molecule has 0 aliphatic heterocycles. The van der Waals surface area contributed by atoms with Crippen molar-refractivity contribution in [1.82, 2.24) is 5.32 Å². The van der Waals surface area contributed by atoms with Gasteiger partial charge in [-0.15, -0.1) is 6.42 Å². The van der Waals surface area contributed by atoms with Gasteiger partial charge in [0.15, 0.2) is 0 Å². The summed E-state index contributed by atoms with van der Waals surface area (Å²) in [7, 11) is 0. The highest BCUT2D eigenvalue weighted by Crippen LogP contribution is 2.17. The van der Waals surface area contributed by atoms with Gasteiger partial charge in [-0.1, -0.05) is 47.9 Å². The SMILES string of the molecule is C#CCOc1ccccc1CNCc1ccc(Cl)cc1. The van der Waals surface area contributed by atoms with Gasteiger partial charge in [0, 0.05) is 23.7 Å². The van der Waals surface area contributed by atoms with Crippen molar-refractivity contribution in [2.24, 2.45) is 0 Å². The van der Waals surface area contributed by atoms with Gasteiger partial charge in [0.1, 0.15) is 12.4 Å². The van der Waals surface area contributed by atoms with E-state index in [1.54, 1.807) is 0 Å². The van der Waals surface area contributed by atoms with E-state index >= 15 is 0 Å². The molecular formula is C17H16ClNO. The zero-order chi connectivity index (χ0) is 14.2. The van der Waals surface area contributed by atoms with Gasteiger partial charge in [-0.3, -0.25) is 0 Å². The predicted molar refractivity (Wildman–Crippen MR) is 82.8 cm³/mol. The minimum Gasteiger partial charge on any atom is -0.481 e. The van der Waals surface area contributed by atoms with Crippen LogP contribution >= 0.6 is 11.6 Å². The Kier molecular flexibility index (Phi) is 5.49. The van der Waals surface area contributed by atoms with E-state index < -0.39 is 0 Å². The van der Waals surface area contributed by atoms with E-state index in [0.717, 1.165) is 29.4 Å². The molecular weight excluding hydrogens is 270 g/mol. The van der Waals surface area contributed by atoms with Crippen molar-refractivity contribution in [3.8, 4) is 18.1 Å². The summed E-state index contributed by atoms with van der Waals surface area (Å²) in [5.74, 6) is 3.30. The zero-order valence-electron chi connectivity index (χ0n) is 11.1. The number of rotatable bonds is 6. The summed E-state index contributed by atoms with van der Waals surface area (Å²) in [6.45, 7) is 1.79. The van der Waals surface area contributed by atoms with Gasteiger partial charge in [0.05, 0.1) is 0 Å². The van der Waals surface area contributed by atoms with Gasteiger partial charge in [-0.25, -0.2) is 0 Å². The molecule has 102 valence electrons. The molecule has 0 spiro atoms. The van der Waals surface area contributed by atoms with E-state index in [0.29, 0.717) is 0 Å². The molecule has 2 aromatic carbocycles. The fourth-order valence-corrected chi connectivity index (χ4v) is 1.98. The first kappa shape index (κ1) is 14.5. The third kappa shape index (κ3) is 4.31. The van der Waals surface area contributed by atoms with Crippen LogP contribution in [0.3, 0.4) is 0 Å². The predicted octanol–water partition coefficient (Wildman–Crippen LogP) is 3.64. The second kappa shape index (κ2) is 7.59. The molecule has 0 radical (unpaired) electrons. The van der Waals surface area contributed by atoms with Crippen molar-refractivity contribution in [3.63, 3.8) is 0 Å². The van der Waals surface area contributed by atoms with Crippen molar-refractivity contribution < 1.29 is 4.74 Å². The van der Waals surface area contributed by atoms with E-state index in [1.807, 2.05) is 48.5 Å². The van der Waals surface area contributed by atoms with Gasteiger partial charge in [0.2, 0.25) is 0 Å². The average Bonchev–Trinajstić information content (AvgIpc) is 2.48. The molecule has 2 nitrogen and oxygen atoms in total. The van der Waals surface area contributed by atoms with Gasteiger partial charge >= 0.3 is 0 Å². The third-order valence-corrected chi connectivity index (χ3v) is 3.09. The Morgan fingerprint density at radius 1 is 1.05 bits per heavy atom. The van der Waals surface area contributed by atoms with Crippen molar-refractivity contribution in [3.05, 3.63) is 64.7 Å². The van der Waals surface area contributed by atoms with Crippen LogP contribution in [0.4, 0.5) is 0 Å². The largest absolute Gasteiger partial charge is 0.481 e. The van der Waals surface area contributed by atoms with E-state index in [1.165, 1.54) is 5.56 Å². The summed E-state index contributed by atoms with van der Waals surface area (Å²) in [6.07, 6.45) is 5.21. The molecule has 2 aromatic rings. The highest BCUT2D eigenvalue weighted by atomic mass is 35.5. The standard InChI is InChI=1S/C17H16ClNO/c1-2-11-20-17-6-4-3-5-15(17)13-19-12-14-7-9-16(18)10-8-14/h1,3-10,19H,11-13H2. The molecule has 0 heterocycles. The van der Waals surface area contributed by atoms with Crippen molar-refractivity contribution in [1.29, 1.82) is 0 Å². The maximum absolute atomic E-state index is 5.86. The van der Waals surface area contributed by atoms with Crippen LogP contribution in [0.15, 0.2) is 48.5 Å². The lowest BCUT2D eigenvalue weighted by atomic mass is 10.2. The van der Waals surface area contributed by atoms with Crippen LogP contribution in [0, 0.1) is 12.3 Å². The first-order valence-electron chi connectivity index (χ1n) is 6.39. The number of terminal acetylenes is 1. The maximum atomic E-state index is 5.86. The highest BCUT2D eigenvalue weighted by molar-refractivity contribution is 6.30. The molecule has 3 heteroatoms. The van der Waals surface area contributed by atoms with Crippen molar-refractivity contribution in [2.75, 3.05) is 6.61 Å². The fraction of sp³-hybridized carbons (Fsp3) is 0.176. The van der Waals surface area contributed by atoms with Crippen LogP contribution in [0.2, 0.25) is 5.02 Å². The molecule has 0 aliphatic carbocycles. The lowest BCUT2D eigenvalue weighted by Crippen LogP contribution is -2.13. The molecule has 0 bridgehead atoms. The smallest absolute Gasteiger partial charge is 0.148 e. The molecule has 1 N–H and O–H groups in total. The van der Waals surface area contributed by atoms with Gasteiger partial charge in [0.25, 0.3) is 0 Å². The van der Waals surface area contributed by atoms with Crippen LogP contribution in [0.25, 0.3) is 0 Å². The Hall–Kier alpha value is -1.95. The van der Waals surface area contributed by atoms with E-state index in [9.17, 15) is 0 Å². The zero-order valence-corrected chi connectivity index (χ0v) is 11.9. The number of benzene rings is 2. The summed E-state index contributed by atoms with van der Waals surface area (Å²) in [6, 6.07) is 15.7. The van der Waals surface area contributed by atoms with Crippen molar-refractivity contribution in [2.45, 2.75) is 13.1 Å². The summed E-state index contributed by atoms with van der Waals surface area (Å²) in [4.78, 5) is 0. The number of para-hydroxylation sites is 1. The molecule has 0 saturated heterocycles. The molecule has 0 fully saturated rings. The summed E-state index contributed by atoms with van der Waals surface area (Å²) >= 11 is 5.86. The Balaban J connectivity index is 1.90. The van der Waals surface area contributed by atoms with Gasteiger partial charge in [-0.05, 0) is 23.8 Å². The second-order valence-electron chi connectivity index (χ2n) is 4.33.